The lowest BCUT2D eigenvalue weighted by atomic mass is 10.2. The molecule has 0 bridgehead atoms. The first-order valence-corrected chi connectivity index (χ1v) is 6.57. The van der Waals surface area contributed by atoms with Crippen molar-refractivity contribution < 1.29 is 4.79 Å². The first kappa shape index (κ1) is 13.2. The van der Waals surface area contributed by atoms with E-state index >= 15 is 0 Å². The molecule has 1 heterocycles. The van der Waals surface area contributed by atoms with Crippen LogP contribution in [0.4, 0.5) is 0 Å². The lowest BCUT2D eigenvalue weighted by Crippen LogP contribution is -2.38. The second-order valence-electron chi connectivity index (χ2n) is 3.99. The summed E-state index contributed by atoms with van der Waals surface area (Å²) in [6, 6.07) is 4.53. The quantitative estimate of drug-likeness (QED) is 0.801. The molecule has 16 heavy (non-hydrogen) atoms. The minimum absolute atomic E-state index is 0.0567. The monoisotopic (exact) mass is 240 g/mol. The predicted octanol–water partition coefficient (Wildman–Crippen LogP) is 2.31. The predicted molar refractivity (Wildman–Crippen MR) is 68.6 cm³/mol. The Balaban J connectivity index is 2.29. The molecule has 0 aliphatic heterocycles. The van der Waals surface area contributed by atoms with E-state index in [9.17, 15) is 4.79 Å². The van der Waals surface area contributed by atoms with Crippen molar-refractivity contribution in [3.63, 3.8) is 0 Å². The second-order valence-corrected chi connectivity index (χ2v) is 4.97. The second kappa shape index (κ2) is 6.66. The van der Waals surface area contributed by atoms with Gasteiger partial charge in [-0.15, -0.1) is 11.3 Å². The Morgan fingerprint density at radius 2 is 2.25 bits per heavy atom. The molecule has 0 saturated heterocycles. The number of hydrogen-bond acceptors (Lipinski definition) is 3. The van der Waals surface area contributed by atoms with Crippen molar-refractivity contribution in [2.45, 2.75) is 39.3 Å². The summed E-state index contributed by atoms with van der Waals surface area (Å²) in [6.45, 7) is 6.58. The zero-order valence-electron chi connectivity index (χ0n) is 10.1. The van der Waals surface area contributed by atoms with E-state index in [0.29, 0.717) is 12.6 Å². The molecule has 0 radical (unpaired) electrons. The summed E-state index contributed by atoms with van der Waals surface area (Å²) in [5.41, 5.74) is 0. The van der Waals surface area contributed by atoms with Crippen LogP contribution in [0, 0.1) is 0 Å². The molecule has 3 nitrogen and oxygen atoms in total. The highest BCUT2D eigenvalue weighted by molar-refractivity contribution is 7.10. The van der Waals surface area contributed by atoms with E-state index in [1.165, 1.54) is 4.88 Å². The van der Waals surface area contributed by atoms with Crippen molar-refractivity contribution in [2.24, 2.45) is 0 Å². The SMILES string of the molecule is CCC(C)NCC(=O)NC(C)c1cccs1. The van der Waals surface area contributed by atoms with Crippen molar-refractivity contribution in [2.75, 3.05) is 6.54 Å². The van der Waals surface area contributed by atoms with Crippen molar-refractivity contribution in [1.82, 2.24) is 10.6 Å². The topological polar surface area (TPSA) is 41.1 Å². The highest BCUT2D eigenvalue weighted by Crippen LogP contribution is 2.17. The Morgan fingerprint density at radius 1 is 1.50 bits per heavy atom. The zero-order chi connectivity index (χ0) is 12.0. The van der Waals surface area contributed by atoms with Gasteiger partial charge in [-0.2, -0.15) is 0 Å². The third-order valence-electron chi connectivity index (χ3n) is 2.57. The van der Waals surface area contributed by atoms with Crippen LogP contribution in [0.1, 0.15) is 38.1 Å². The average molecular weight is 240 g/mol. The molecule has 2 N–H and O–H groups in total. The van der Waals surface area contributed by atoms with Gasteiger partial charge in [0, 0.05) is 10.9 Å². The van der Waals surface area contributed by atoms with Crippen molar-refractivity contribution in [3.8, 4) is 0 Å². The summed E-state index contributed by atoms with van der Waals surface area (Å²) in [5.74, 6) is 0.0567. The molecular formula is C12H20N2OS. The number of amides is 1. The van der Waals surface area contributed by atoms with Crippen LogP contribution in [0.15, 0.2) is 17.5 Å². The molecule has 2 atom stereocenters. The molecule has 0 fully saturated rings. The largest absolute Gasteiger partial charge is 0.348 e. The molecule has 0 spiro atoms. The van der Waals surface area contributed by atoms with Crippen LogP contribution in [0.25, 0.3) is 0 Å². The molecule has 2 unspecified atom stereocenters. The van der Waals surface area contributed by atoms with Gasteiger partial charge in [0.2, 0.25) is 5.91 Å². The van der Waals surface area contributed by atoms with Crippen molar-refractivity contribution in [3.05, 3.63) is 22.4 Å². The van der Waals surface area contributed by atoms with Gasteiger partial charge in [0.15, 0.2) is 0 Å². The van der Waals surface area contributed by atoms with Gasteiger partial charge in [-0.05, 0) is 31.7 Å². The molecule has 0 saturated carbocycles. The van der Waals surface area contributed by atoms with E-state index in [1.807, 2.05) is 24.4 Å². The van der Waals surface area contributed by atoms with E-state index in [4.69, 9.17) is 0 Å². The fraction of sp³-hybridized carbons (Fsp3) is 0.583. The first-order chi connectivity index (χ1) is 7.63. The first-order valence-electron chi connectivity index (χ1n) is 5.69. The van der Waals surface area contributed by atoms with E-state index in [0.717, 1.165) is 6.42 Å². The molecule has 1 amide bonds. The van der Waals surface area contributed by atoms with E-state index in [1.54, 1.807) is 11.3 Å². The van der Waals surface area contributed by atoms with Crippen LogP contribution in [0.5, 0.6) is 0 Å². The summed E-state index contributed by atoms with van der Waals surface area (Å²) in [4.78, 5) is 12.8. The Morgan fingerprint density at radius 3 is 2.81 bits per heavy atom. The number of thiophene rings is 1. The fourth-order valence-electron chi connectivity index (χ4n) is 1.31. The van der Waals surface area contributed by atoms with E-state index in [2.05, 4.69) is 24.5 Å². The normalized spacial score (nSPS) is 14.4. The number of hydrogen-bond donors (Lipinski definition) is 2. The third kappa shape index (κ3) is 4.33. The van der Waals surface area contributed by atoms with Gasteiger partial charge in [-0.1, -0.05) is 13.0 Å². The molecule has 1 aromatic heterocycles. The van der Waals surface area contributed by atoms with Gasteiger partial charge in [0.1, 0.15) is 0 Å². The molecule has 1 rings (SSSR count). The Bertz CT molecular complexity index is 311. The van der Waals surface area contributed by atoms with Crippen LogP contribution < -0.4 is 10.6 Å². The van der Waals surface area contributed by atoms with Crippen LogP contribution in [-0.4, -0.2) is 18.5 Å². The van der Waals surface area contributed by atoms with Gasteiger partial charge in [-0.25, -0.2) is 0 Å². The van der Waals surface area contributed by atoms with Gasteiger partial charge in [0.25, 0.3) is 0 Å². The summed E-state index contributed by atoms with van der Waals surface area (Å²) in [7, 11) is 0. The van der Waals surface area contributed by atoms with Crippen LogP contribution >= 0.6 is 11.3 Å². The van der Waals surface area contributed by atoms with Gasteiger partial charge < -0.3 is 10.6 Å². The number of rotatable bonds is 6. The van der Waals surface area contributed by atoms with E-state index < -0.39 is 0 Å². The van der Waals surface area contributed by atoms with E-state index in [-0.39, 0.29) is 11.9 Å². The maximum absolute atomic E-state index is 11.6. The molecule has 1 aromatic rings. The Hall–Kier alpha value is -0.870. The minimum atomic E-state index is 0.0567. The number of carbonyl (C=O) groups excluding carboxylic acids is 1. The Labute approximate surface area is 101 Å². The molecular weight excluding hydrogens is 220 g/mol. The maximum Gasteiger partial charge on any atom is 0.234 e. The summed E-state index contributed by atoms with van der Waals surface area (Å²) >= 11 is 1.67. The third-order valence-corrected chi connectivity index (χ3v) is 3.63. The minimum Gasteiger partial charge on any atom is -0.348 e. The highest BCUT2D eigenvalue weighted by Gasteiger charge is 2.10. The molecule has 0 aliphatic rings. The Kier molecular flexibility index (Phi) is 5.49. The number of nitrogens with one attached hydrogen (secondary N) is 2. The highest BCUT2D eigenvalue weighted by atomic mass is 32.1. The van der Waals surface area contributed by atoms with Crippen molar-refractivity contribution in [1.29, 1.82) is 0 Å². The van der Waals surface area contributed by atoms with Gasteiger partial charge in [0.05, 0.1) is 12.6 Å². The summed E-state index contributed by atoms with van der Waals surface area (Å²) in [6.07, 6.45) is 1.04. The lowest BCUT2D eigenvalue weighted by molar-refractivity contribution is -0.121. The molecule has 90 valence electrons. The average Bonchev–Trinajstić information content (AvgIpc) is 2.79. The summed E-state index contributed by atoms with van der Waals surface area (Å²) < 4.78 is 0. The lowest BCUT2D eigenvalue weighted by Gasteiger charge is -2.14. The standard InChI is InChI=1S/C12H20N2OS/c1-4-9(2)13-8-12(15)14-10(3)11-6-5-7-16-11/h5-7,9-10,13H,4,8H2,1-3H3,(H,14,15). The molecule has 4 heteroatoms. The fourth-order valence-corrected chi connectivity index (χ4v) is 2.05. The van der Waals surface area contributed by atoms with Crippen LogP contribution in [-0.2, 0) is 4.79 Å². The van der Waals surface area contributed by atoms with Crippen LogP contribution in [0.3, 0.4) is 0 Å². The smallest absolute Gasteiger partial charge is 0.234 e. The van der Waals surface area contributed by atoms with Crippen LogP contribution in [0.2, 0.25) is 0 Å². The molecule has 0 aromatic carbocycles. The number of carbonyl (C=O) groups is 1. The van der Waals surface area contributed by atoms with Gasteiger partial charge >= 0.3 is 0 Å². The summed E-state index contributed by atoms with van der Waals surface area (Å²) in [5, 5.41) is 8.17. The maximum atomic E-state index is 11.6. The van der Waals surface area contributed by atoms with Crippen molar-refractivity contribution >= 4 is 17.2 Å². The zero-order valence-corrected chi connectivity index (χ0v) is 10.9. The molecule has 0 aliphatic carbocycles. The van der Waals surface area contributed by atoms with Gasteiger partial charge in [-0.3, -0.25) is 4.79 Å².